The van der Waals surface area contributed by atoms with E-state index in [9.17, 15) is 9.59 Å². The van der Waals surface area contributed by atoms with Gasteiger partial charge in [-0.15, -0.1) is 0 Å². The van der Waals surface area contributed by atoms with E-state index in [4.69, 9.17) is 17.3 Å². The smallest absolute Gasteiger partial charge is 0.244 e. The Hall–Kier alpha value is -2.58. The van der Waals surface area contributed by atoms with Crippen LogP contribution in [0.15, 0.2) is 30.1 Å². The number of nitrogens with two attached hydrogens (primary N) is 3. The average molecular weight is 346 g/mol. The first-order valence-electron chi connectivity index (χ1n) is 8.26. The lowest BCUT2D eigenvalue weighted by Gasteiger charge is -2.24. The highest BCUT2D eigenvalue weighted by Gasteiger charge is 2.37. The van der Waals surface area contributed by atoms with Crippen LogP contribution in [0.25, 0.3) is 0 Å². The molecule has 2 atom stereocenters. The van der Waals surface area contributed by atoms with Crippen molar-refractivity contribution in [2.45, 2.75) is 38.3 Å². The van der Waals surface area contributed by atoms with Crippen molar-refractivity contribution in [1.82, 2.24) is 10.7 Å². The zero-order chi connectivity index (χ0) is 18.4. The fourth-order valence-electron chi connectivity index (χ4n) is 3.21. The quantitative estimate of drug-likeness (QED) is 0.276. The summed E-state index contributed by atoms with van der Waals surface area (Å²) >= 11 is 0. The fraction of sp³-hybridized carbons (Fsp3) is 0.412. The Labute approximate surface area is 147 Å². The van der Waals surface area contributed by atoms with Crippen molar-refractivity contribution in [1.29, 1.82) is 0 Å². The zero-order valence-corrected chi connectivity index (χ0v) is 14.4. The van der Waals surface area contributed by atoms with Gasteiger partial charge >= 0.3 is 0 Å². The third-order valence-corrected chi connectivity index (χ3v) is 4.34. The predicted octanol–water partition coefficient (Wildman–Crippen LogP) is -0.766. The van der Waals surface area contributed by atoms with Gasteiger partial charge in [0.25, 0.3) is 0 Å². The number of hydrogen-bond donors (Lipinski definition) is 5. The SMILES string of the molecule is CC1Cc2cccc3c2N1C(=O)C(N)CC3.NN/C=C(\N)CNC=O. The molecule has 2 aliphatic heterocycles. The third-order valence-electron chi connectivity index (χ3n) is 4.34. The van der Waals surface area contributed by atoms with Crippen molar-refractivity contribution in [3.63, 3.8) is 0 Å². The van der Waals surface area contributed by atoms with Crippen LogP contribution < -0.4 is 33.0 Å². The van der Waals surface area contributed by atoms with Crippen molar-refractivity contribution >= 4 is 18.0 Å². The molecular formula is C17H26N6O2. The van der Waals surface area contributed by atoms with Gasteiger partial charge in [0.2, 0.25) is 12.3 Å². The summed E-state index contributed by atoms with van der Waals surface area (Å²) in [6, 6.07) is 6.26. The highest BCUT2D eigenvalue weighted by Crippen LogP contribution is 2.38. The van der Waals surface area contributed by atoms with Crippen LogP contribution in [0.2, 0.25) is 0 Å². The number of nitrogens with one attached hydrogen (secondary N) is 2. The summed E-state index contributed by atoms with van der Waals surface area (Å²) in [5, 5.41) is 2.36. The highest BCUT2D eigenvalue weighted by molar-refractivity contribution is 6.01. The van der Waals surface area contributed by atoms with E-state index in [1.807, 2.05) is 4.90 Å². The van der Waals surface area contributed by atoms with Crippen LogP contribution in [0.3, 0.4) is 0 Å². The summed E-state index contributed by atoms with van der Waals surface area (Å²) in [4.78, 5) is 23.8. The van der Waals surface area contributed by atoms with E-state index >= 15 is 0 Å². The Kier molecular flexibility index (Phi) is 6.37. The van der Waals surface area contributed by atoms with Gasteiger partial charge in [-0.05, 0) is 37.3 Å². The molecule has 1 aromatic carbocycles. The van der Waals surface area contributed by atoms with E-state index in [0.29, 0.717) is 18.7 Å². The van der Waals surface area contributed by atoms with Crippen LogP contribution in [0.4, 0.5) is 5.69 Å². The number of carbonyl (C=O) groups excluding carboxylic acids is 2. The lowest BCUT2D eigenvalue weighted by atomic mass is 10.0. The van der Waals surface area contributed by atoms with Crippen LogP contribution in [-0.4, -0.2) is 30.9 Å². The Morgan fingerprint density at radius 1 is 1.40 bits per heavy atom. The molecule has 0 saturated heterocycles. The van der Waals surface area contributed by atoms with Crippen LogP contribution in [0.1, 0.15) is 24.5 Å². The van der Waals surface area contributed by atoms with Gasteiger partial charge in [-0.1, -0.05) is 18.2 Å². The summed E-state index contributed by atoms with van der Waals surface area (Å²) in [6.07, 6.45) is 4.60. The average Bonchev–Trinajstić information content (AvgIpc) is 2.87. The van der Waals surface area contributed by atoms with Gasteiger partial charge in [0.1, 0.15) is 0 Å². The maximum atomic E-state index is 12.2. The summed E-state index contributed by atoms with van der Waals surface area (Å²) in [5.41, 5.74) is 17.6. The second-order valence-corrected chi connectivity index (χ2v) is 6.22. The number of aryl methyl sites for hydroxylation is 1. The molecular weight excluding hydrogens is 320 g/mol. The van der Waals surface area contributed by atoms with Crippen molar-refractivity contribution in [3.8, 4) is 0 Å². The second kappa shape index (κ2) is 8.50. The van der Waals surface area contributed by atoms with Crippen LogP contribution in [0, 0.1) is 0 Å². The second-order valence-electron chi connectivity index (χ2n) is 6.22. The summed E-state index contributed by atoms with van der Waals surface area (Å²) in [6.45, 7) is 2.41. The summed E-state index contributed by atoms with van der Waals surface area (Å²) < 4.78 is 0. The van der Waals surface area contributed by atoms with Crippen LogP contribution in [0.5, 0.6) is 0 Å². The molecule has 0 aromatic heterocycles. The van der Waals surface area contributed by atoms with E-state index in [-0.39, 0.29) is 18.0 Å². The molecule has 2 unspecified atom stereocenters. The highest BCUT2D eigenvalue weighted by atomic mass is 16.2. The molecule has 8 nitrogen and oxygen atoms in total. The van der Waals surface area contributed by atoms with Gasteiger partial charge in [-0.25, -0.2) is 0 Å². The maximum absolute atomic E-state index is 12.2. The Bertz CT molecular complexity index is 661. The first-order valence-corrected chi connectivity index (χ1v) is 8.26. The molecule has 0 saturated carbocycles. The lowest BCUT2D eigenvalue weighted by molar-refractivity contribution is -0.120. The van der Waals surface area contributed by atoms with Gasteiger partial charge in [0, 0.05) is 17.9 Å². The molecule has 2 heterocycles. The van der Waals surface area contributed by atoms with Gasteiger partial charge < -0.3 is 27.1 Å². The molecule has 0 aliphatic carbocycles. The van der Waals surface area contributed by atoms with Crippen molar-refractivity contribution < 1.29 is 9.59 Å². The van der Waals surface area contributed by atoms with Gasteiger partial charge in [0.15, 0.2) is 0 Å². The van der Waals surface area contributed by atoms with Crippen LogP contribution >= 0.6 is 0 Å². The van der Waals surface area contributed by atoms with Crippen molar-refractivity contribution in [2.24, 2.45) is 17.3 Å². The Morgan fingerprint density at radius 3 is 2.80 bits per heavy atom. The molecule has 0 bridgehead atoms. The number of nitrogens with zero attached hydrogens (tertiary/aromatic N) is 1. The molecule has 136 valence electrons. The molecule has 8 N–H and O–H groups in total. The summed E-state index contributed by atoms with van der Waals surface area (Å²) in [7, 11) is 0. The topological polar surface area (TPSA) is 140 Å². The molecule has 0 radical (unpaired) electrons. The minimum absolute atomic E-state index is 0.0937. The van der Waals surface area contributed by atoms with Gasteiger partial charge in [-0.3, -0.25) is 15.4 Å². The number of carbonyl (C=O) groups is 2. The molecule has 2 amide bonds. The first kappa shape index (κ1) is 18.8. The molecule has 0 spiro atoms. The monoisotopic (exact) mass is 346 g/mol. The van der Waals surface area contributed by atoms with E-state index < -0.39 is 0 Å². The van der Waals surface area contributed by atoms with Crippen molar-refractivity contribution in [2.75, 3.05) is 11.4 Å². The van der Waals surface area contributed by atoms with E-state index in [0.717, 1.165) is 24.9 Å². The fourth-order valence-corrected chi connectivity index (χ4v) is 3.21. The van der Waals surface area contributed by atoms with E-state index in [1.54, 1.807) is 0 Å². The molecule has 2 aliphatic rings. The number of para-hydroxylation sites is 1. The molecule has 0 fully saturated rings. The maximum Gasteiger partial charge on any atom is 0.244 e. The number of amides is 2. The Morgan fingerprint density at radius 2 is 2.12 bits per heavy atom. The normalized spacial score (nSPS) is 21.6. The third kappa shape index (κ3) is 4.28. The minimum Gasteiger partial charge on any atom is -0.399 e. The lowest BCUT2D eigenvalue weighted by Crippen LogP contribution is -2.45. The molecule has 8 heteroatoms. The van der Waals surface area contributed by atoms with Crippen molar-refractivity contribution in [3.05, 3.63) is 41.2 Å². The minimum atomic E-state index is -0.333. The number of hydrazine groups is 1. The number of anilines is 1. The summed E-state index contributed by atoms with van der Waals surface area (Å²) in [5.74, 6) is 4.97. The van der Waals surface area contributed by atoms with Crippen LogP contribution in [-0.2, 0) is 22.4 Å². The zero-order valence-electron chi connectivity index (χ0n) is 14.4. The first-order chi connectivity index (χ1) is 12.0. The number of rotatable bonds is 4. The van der Waals surface area contributed by atoms with E-state index in [1.165, 1.54) is 17.3 Å². The standard InChI is InChI=1S/C13H16N2O.C4H10N4O/c1-8-7-10-4-2-3-9-5-6-11(14)13(16)15(8)12(9)10;5-4(2-8-6)1-7-3-9/h2-4,8,11H,5-7,14H2,1H3;2-3,8H,1,5-6H2,(H,7,9)/b;4-2-. The Balaban J connectivity index is 0.000000217. The van der Waals surface area contributed by atoms with Gasteiger partial charge in [-0.2, -0.15) is 0 Å². The number of benzene rings is 1. The largest absolute Gasteiger partial charge is 0.399 e. The number of hydrogen-bond acceptors (Lipinski definition) is 6. The molecule has 3 rings (SSSR count). The molecule has 25 heavy (non-hydrogen) atoms. The van der Waals surface area contributed by atoms with Gasteiger partial charge in [0.05, 0.1) is 18.3 Å². The van der Waals surface area contributed by atoms with E-state index in [2.05, 4.69) is 35.9 Å². The molecule has 1 aromatic rings. The predicted molar refractivity (Wildman–Crippen MR) is 97.1 cm³/mol.